The maximum Gasteiger partial charge on any atom is 0.267 e. The third kappa shape index (κ3) is 5.06. The highest BCUT2D eigenvalue weighted by Gasteiger charge is 2.21. The van der Waals surface area contributed by atoms with Gasteiger partial charge in [-0.2, -0.15) is 0 Å². The van der Waals surface area contributed by atoms with Gasteiger partial charge in [0.25, 0.3) is 5.56 Å². The van der Waals surface area contributed by atoms with Crippen molar-refractivity contribution in [3.63, 3.8) is 0 Å². The Hall–Kier alpha value is -3.10. The molecule has 4 rings (SSSR count). The van der Waals surface area contributed by atoms with Crippen molar-refractivity contribution in [3.8, 4) is 11.4 Å². The summed E-state index contributed by atoms with van der Waals surface area (Å²) >= 11 is 2.80. The zero-order valence-corrected chi connectivity index (χ0v) is 23.1. The van der Waals surface area contributed by atoms with Crippen LogP contribution in [0.4, 0.5) is 5.69 Å². The lowest BCUT2D eigenvalue weighted by Gasteiger charge is -2.16. The van der Waals surface area contributed by atoms with Gasteiger partial charge in [-0.25, -0.2) is 4.98 Å². The number of nitrogens with zero attached hydrogens (tertiary/aromatic N) is 2. The van der Waals surface area contributed by atoms with Gasteiger partial charge in [0.15, 0.2) is 5.16 Å². The standard InChI is InChI=1S/C28H31N3O3S2/c1-7-20-18(5)36-26-25(20)27(33)31(23-13-12-19(34-6)14-17(23)4)28(30-26)35-15-24(32)29-22-11-9-8-10-21(22)16(2)3/h8-14,16H,7,15H2,1-6H3,(H,29,32). The maximum absolute atomic E-state index is 13.9. The van der Waals surface area contributed by atoms with Crippen LogP contribution in [0.5, 0.6) is 5.75 Å². The molecule has 0 unspecified atom stereocenters. The summed E-state index contributed by atoms with van der Waals surface area (Å²) < 4.78 is 7.00. The van der Waals surface area contributed by atoms with Crippen LogP contribution in [-0.2, 0) is 11.2 Å². The molecule has 6 nitrogen and oxygen atoms in total. The van der Waals surface area contributed by atoms with Gasteiger partial charge in [0.05, 0.1) is 23.9 Å². The molecule has 0 saturated carbocycles. The second-order valence-electron chi connectivity index (χ2n) is 8.94. The van der Waals surface area contributed by atoms with Crippen molar-refractivity contribution in [2.75, 3.05) is 18.2 Å². The third-order valence-corrected chi connectivity index (χ3v) is 8.16. The van der Waals surface area contributed by atoms with Gasteiger partial charge in [-0.3, -0.25) is 14.2 Å². The number of methoxy groups -OCH3 is 1. The molecule has 0 bridgehead atoms. The van der Waals surface area contributed by atoms with Crippen molar-refractivity contribution < 1.29 is 9.53 Å². The summed E-state index contributed by atoms with van der Waals surface area (Å²) in [5.41, 5.74) is 4.44. The van der Waals surface area contributed by atoms with Gasteiger partial charge in [0.1, 0.15) is 10.6 Å². The minimum Gasteiger partial charge on any atom is -0.497 e. The number of anilines is 1. The smallest absolute Gasteiger partial charge is 0.267 e. The summed E-state index contributed by atoms with van der Waals surface area (Å²) in [4.78, 5) is 33.5. The van der Waals surface area contributed by atoms with E-state index in [2.05, 4.69) is 26.1 Å². The number of carbonyl (C=O) groups is 1. The largest absolute Gasteiger partial charge is 0.497 e. The molecule has 0 atom stereocenters. The normalized spacial score (nSPS) is 11.3. The van der Waals surface area contributed by atoms with Crippen LogP contribution >= 0.6 is 23.1 Å². The summed E-state index contributed by atoms with van der Waals surface area (Å²) in [6.45, 7) is 10.2. The Kier molecular flexibility index (Phi) is 7.85. The van der Waals surface area contributed by atoms with Crippen molar-refractivity contribution in [2.24, 2.45) is 0 Å². The number of rotatable bonds is 8. The van der Waals surface area contributed by atoms with Gasteiger partial charge in [-0.15, -0.1) is 11.3 Å². The highest BCUT2D eigenvalue weighted by molar-refractivity contribution is 7.99. The summed E-state index contributed by atoms with van der Waals surface area (Å²) in [6, 6.07) is 13.4. The van der Waals surface area contributed by atoms with E-state index in [0.29, 0.717) is 15.4 Å². The monoisotopic (exact) mass is 521 g/mol. The van der Waals surface area contributed by atoms with E-state index in [-0.39, 0.29) is 23.1 Å². The molecule has 0 aliphatic heterocycles. The number of aromatic nitrogens is 2. The van der Waals surface area contributed by atoms with Gasteiger partial charge < -0.3 is 10.1 Å². The molecular formula is C28H31N3O3S2. The molecular weight excluding hydrogens is 490 g/mol. The fourth-order valence-corrected chi connectivity index (χ4v) is 6.33. The first kappa shape index (κ1) is 26.0. The van der Waals surface area contributed by atoms with Gasteiger partial charge >= 0.3 is 0 Å². The molecule has 4 aromatic rings. The first-order valence-electron chi connectivity index (χ1n) is 12.0. The van der Waals surface area contributed by atoms with E-state index in [9.17, 15) is 9.59 Å². The van der Waals surface area contributed by atoms with E-state index in [1.54, 1.807) is 11.7 Å². The topological polar surface area (TPSA) is 73.2 Å². The number of hydrogen-bond acceptors (Lipinski definition) is 6. The van der Waals surface area contributed by atoms with E-state index < -0.39 is 0 Å². The summed E-state index contributed by atoms with van der Waals surface area (Å²) in [5.74, 6) is 0.995. The predicted octanol–water partition coefficient (Wildman–Crippen LogP) is 6.49. The number of thioether (sulfide) groups is 1. The average Bonchev–Trinajstić information content (AvgIpc) is 3.18. The van der Waals surface area contributed by atoms with Crippen molar-refractivity contribution >= 4 is 44.9 Å². The van der Waals surface area contributed by atoms with Gasteiger partial charge in [-0.1, -0.05) is 50.7 Å². The Bertz CT molecular complexity index is 1490. The molecule has 2 aromatic carbocycles. The molecule has 0 fully saturated rings. The number of carbonyl (C=O) groups excluding carboxylic acids is 1. The number of nitrogens with one attached hydrogen (secondary N) is 1. The van der Waals surface area contributed by atoms with E-state index in [1.165, 1.54) is 23.1 Å². The highest BCUT2D eigenvalue weighted by atomic mass is 32.2. The molecule has 1 amide bonds. The number of thiophene rings is 1. The van der Waals surface area contributed by atoms with Crippen LogP contribution < -0.4 is 15.6 Å². The van der Waals surface area contributed by atoms with Crippen LogP contribution in [0.1, 0.15) is 48.3 Å². The molecule has 0 radical (unpaired) electrons. The molecule has 8 heteroatoms. The molecule has 2 heterocycles. The second-order valence-corrected chi connectivity index (χ2v) is 11.1. The third-order valence-electron chi connectivity index (χ3n) is 6.18. The Balaban J connectivity index is 1.75. The second kappa shape index (κ2) is 10.9. The lowest BCUT2D eigenvalue weighted by Crippen LogP contribution is -2.23. The summed E-state index contributed by atoms with van der Waals surface area (Å²) in [5, 5.41) is 4.19. The first-order valence-corrected chi connectivity index (χ1v) is 13.8. The molecule has 188 valence electrons. The molecule has 0 spiro atoms. The Morgan fingerprint density at radius 2 is 1.94 bits per heavy atom. The van der Waals surface area contributed by atoms with Crippen molar-refractivity contribution in [2.45, 2.75) is 52.1 Å². The van der Waals surface area contributed by atoms with Crippen LogP contribution in [0, 0.1) is 13.8 Å². The molecule has 36 heavy (non-hydrogen) atoms. The highest BCUT2D eigenvalue weighted by Crippen LogP contribution is 2.32. The lowest BCUT2D eigenvalue weighted by atomic mass is 10.0. The zero-order chi connectivity index (χ0) is 26.0. The number of hydrogen-bond donors (Lipinski definition) is 1. The SMILES string of the molecule is CCc1c(C)sc2nc(SCC(=O)Nc3ccccc3C(C)C)n(-c3ccc(OC)cc3C)c(=O)c12. The number of para-hydroxylation sites is 1. The Morgan fingerprint density at radius 1 is 1.19 bits per heavy atom. The number of benzene rings is 2. The fourth-order valence-electron chi connectivity index (χ4n) is 4.37. The minimum atomic E-state index is -0.142. The number of ether oxygens (including phenoxy) is 1. The van der Waals surface area contributed by atoms with Crippen molar-refractivity contribution in [1.29, 1.82) is 0 Å². The average molecular weight is 522 g/mol. The van der Waals surface area contributed by atoms with E-state index in [1.807, 2.05) is 56.3 Å². The molecule has 1 N–H and O–H groups in total. The maximum atomic E-state index is 13.9. The molecule has 0 saturated heterocycles. The molecule has 2 aromatic heterocycles. The van der Waals surface area contributed by atoms with E-state index >= 15 is 0 Å². The Labute approximate surface area is 219 Å². The van der Waals surface area contributed by atoms with Crippen LogP contribution in [0.15, 0.2) is 52.4 Å². The fraction of sp³-hybridized carbons (Fsp3) is 0.321. The first-order chi connectivity index (χ1) is 17.2. The Morgan fingerprint density at radius 3 is 2.61 bits per heavy atom. The quantitative estimate of drug-likeness (QED) is 0.212. The lowest BCUT2D eigenvalue weighted by molar-refractivity contribution is -0.113. The number of aryl methyl sites for hydroxylation is 3. The van der Waals surface area contributed by atoms with Crippen molar-refractivity contribution in [1.82, 2.24) is 9.55 Å². The summed E-state index contributed by atoms with van der Waals surface area (Å²) in [6.07, 6.45) is 0.758. The molecule has 0 aliphatic carbocycles. The van der Waals surface area contributed by atoms with Gasteiger partial charge in [-0.05, 0) is 67.1 Å². The van der Waals surface area contributed by atoms with Crippen LogP contribution in [0.2, 0.25) is 0 Å². The van der Waals surface area contributed by atoms with Crippen molar-refractivity contribution in [3.05, 3.63) is 74.4 Å². The van der Waals surface area contributed by atoms with Gasteiger partial charge in [0, 0.05) is 10.6 Å². The summed E-state index contributed by atoms with van der Waals surface area (Å²) in [7, 11) is 1.62. The number of fused-ring (bicyclic) bond motifs is 1. The predicted molar refractivity (Wildman–Crippen MR) is 151 cm³/mol. The molecule has 0 aliphatic rings. The van der Waals surface area contributed by atoms with E-state index in [4.69, 9.17) is 9.72 Å². The van der Waals surface area contributed by atoms with Crippen LogP contribution in [0.25, 0.3) is 15.9 Å². The van der Waals surface area contributed by atoms with Gasteiger partial charge in [0.2, 0.25) is 5.91 Å². The van der Waals surface area contributed by atoms with Crippen LogP contribution in [-0.4, -0.2) is 28.3 Å². The van der Waals surface area contributed by atoms with Crippen LogP contribution in [0.3, 0.4) is 0 Å². The number of amides is 1. The minimum absolute atomic E-state index is 0.109. The van der Waals surface area contributed by atoms with E-state index in [0.717, 1.165) is 45.1 Å². The zero-order valence-electron chi connectivity index (χ0n) is 21.5.